The highest BCUT2D eigenvalue weighted by molar-refractivity contribution is 5.83. The monoisotopic (exact) mass is 376 g/mol. The molecule has 0 saturated heterocycles. The number of hydrogen-bond acceptors (Lipinski definition) is 3. The van der Waals surface area contributed by atoms with Crippen LogP contribution in [0.25, 0.3) is 0 Å². The highest BCUT2D eigenvalue weighted by atomic mass is 19.4. The van der Waals surface area contributed by atoms with Crippen LogP contribution in [-0.4, -0.2) is 10.8 Å². The van der Waals surface area contributed by atoms with Gasteiger partial charge in [-0.1, -0.05) is 25.6 Å². The first-order chi connectivity index (χ1) is 12.7. The molecule has 144 valence electrons. The van der Waals surface area contributed by atoms with Crippen molar-refractivity contribution in [1.29, 1.82) is 0 Å². The topological polar surface area (TPSA) is 35.8 Å². The molecule has 0 bridgehead atoms. The van der Waals surface area contributed by atoms with Crippen LogP contribution >= 0.6 is 0 Å². The minimum Gasteiger partial charge on any atom is -0.508 e. The van der Waals surface area contributed by atoms with E-state index in [4.69, 9.17) is 0 Å². The first kappa shape index (κ1) is 20.6. The predicted molar refractivity (Wildman–Crippen MR) is 103 cm³/mol. The van der Waals surface area contributed by atoms with Gasteiger partial charge in [-0.3, -0.25) is 0 Å². The fraction of sp³-hybridized carbons (Fsp3) is 0.286. The SMILES string of the molecule is C=CN(/N=C(/C)CC(C)Cc1ccc(O)cc1)c1ccc(C(F)(F)F)cc1. The molecule has 0 radical (unpaired) electrons. The summed E-state index contributed by atoms with van der Waals surface area (Å²) in [6.07, 6.45) is -1.33. The zero-order chi connectivity index (χ0) is 20.0. The molecule has 3 nitrogen and oxygen atoms in total. The summed E-state index contributed by atoms with van der Waals surface area (Å²) in [6, 6.07) is 11.9. The van der Waals surface area contributed by atoms with E-state index in [0.717, 1.165) is 36.2 Å². The fourth-order valence-electron chi connectivity index (χ4n) is 2.84. The van der Waals surface area contributed by atoms with Crippen LogP contribution in [0.15, 0.2) is 66.4 Å². The Balaban J connectivity index is 2.03. The van der Waals surface area contributed by atoms with E-state index >= 15 is 0 Å². The molecule has 0 aliphatic rings. The average molecular weight is 376 g/mol. The van der Waals surface area contributed by atoms with Gasteiger partial charge in [0.2, 0.25) is 0 Å². The molecule has 2 aromatic carbocycles. The van der Waals surface area contributed by atoms with Gasteiger partial charge in [-0.2, -0.15) is 18.3 Å². The quantitative estimate of drug-likeness (QED) is 0.475. The molecule has 6 heteroatoms. The number of nitrogens with zero attached hydrogens (tertiary/aromatic N) is 2. The smallest absolute Gasteiger partial charge is 0.416 e. The summed E-state index contributed by atoms with van der Waals surface area (Å²) in [5, 5.41) is 15.3. The van der Waals surface area contributed by atoms with E-state index < -0.39 is 11.7 Å². The van der Waals surface area contributed by atoms with Gasteiger partial charge in [0, 0.05) is 11.9 Å². The van der Waals surface area contributed by atoms with Crippen LogP contribution in [0.4, 0.5) is 18.9 Å². The average Bonchev–Trinajstić information content (AvgIpc) is 2.61. The van der Waals surface area contributed by atoms with Gasteiger partial charge in [0.25, 0.3) is 0 Å². The summed E-state index contributed by atoms with van der Waals surface area (Å²) in [4.78, 5) is 0. The Morgan fingerprint density at radius 2 is 1.74 bits per heavy atom. The predicted octanol–water partition coefficient (Wildman–Crippen LogP) is 6.01. The summed E-state index contributed by atoms with van der Waals surface area (Å²) in [7, 11) is 0. The molecule has 2 aromatic rings. The lowest BCUT2D eigenvalue weighted by molar-refractivity contribution is -0.137. The minimum atomic E-state index is -4.36. The van der Waals surface area contributed by atoms with Crippen LogP contribution < -0.4 is 5.01 Å². The third-order valence-corrected chi connectivity index (χ3v) is 4.07. The Morgan fingerprint density at radius 3 is 2.26 bits per heavy atom. The number of phenolic OH excluding ortho intramolecular Hbond substituents is 1. The lowest BCUT2D eigenvalue weighted by Crippen LogP contribution is -2.13. The third kappa shape index (κ3) is 6.16. The number of phenols is 1. The molecule has 27 heavy (non-hydrogen) atoms. The van der Waals surface area contributed by atoms with Gasteiger partial charge in [-0.25, -0.2) is 5.01 Å². The Labute approximate surface area is 157 Å². The second-order valence-electron chi connectivity index (χ2n) is 6.59. The second kappa shape index (κ2) is 8.75. The molecule has 0 amide bonds. The number of halogens is 3. The zero-order valence-electron chi connectivity index (χ0n) is 15.4. The maximum Gasteiger partial charge on any atom is 0.416 e. The van der Waals surface area contributed by atoms with Crippen molar-refractivity contribution in [3.63, 3.8) is 0 Å². The van der Waals surface area contributed by atoms with E-state index in [-0.39, 0.29) is 5.75 Å². The Morgan fingerprint density at radius 1 is 1.15 bits per heavy atom. The maximum atomic E-state index is 12.7. The van der Waals surface area contributed by atoms with Crippen LogP contribution in [0.5, 0.6) is 5.75 Å². The van der Waals surface area contributed by atoms with Crippen molar-refractivity contribution in [3.05, 3.63) is 72.4 Å². The minimum absolute atomic E-state index is 0.238. The summed E-state index contributed by atoms with van der Waals surface area (Å²) in [5.41, 5.74) is 1.79. The number of benzene rings is 2. The lowest BCUT2D eigenvalue weighted by atomic mass is 9.96. The largest absolute Gasteiger partial charge is 0.508 e. The zero-order valence-corrected chi connectivity index (χ0v) is 15.4. The molecule has 2 rings (SSSR count). The second-order valence-corrected chi connectivity index (χ2v) is 6.59. The number of alkyl halides is 3. The molecule has 1 N–H and O–H groups in total. The van der Waals surface area contributed by atoms with Crippen LogP contribution in [0.1, 0.15) is 31.4 Å². The van der Waals surface area contributed by atoms with Crippen molar-refractivity contribution in [1.82, 2.24) is 0 Å². The van der Waals surface area contributed by atoms with E-state index in [1.165, 1.54) is 23.3 Å². The van der Waals surface area contributed by atoms with Crippen molar-refractivity contribution < 1.29 is 18.3 Å². The van der Waals surface area contributed by atoms with Gasteiger partial charge < -0.3 is 5.11 Å². The van der Waals surface area contributed by atoms with Gasteiger partial charge >= 0.3 is 6.18 Å². The van der Waals surface area contributed by atoms with Gasteiger partial charge in [0.15, 0.2) is 0 Å². The van der Waals surface area contributed by atoms with Crippen molar-refractivity contribution in [2.45, 2.75) is 32.9 Å². The van der Waals surface area contributed by atoms with Crippen molar-refractivity contribution in [3.8, 4) is 5.75 Å². The molecule has 1 unspecified atom stereocenters. The number of rotatable bonds is 7. The summed E-state index contributed by atoms with van der Waals surface area (Å²) in [6.45, 7) is 7.67. The fourth-order valence-corrected chi connectivity index (χ4v) is 2.84. The van der Waals surface area contributed by atoms with Gasteiger partial charge in [0.1, 0.15) is 5.75 Å². The van der Waals surface area contributed by atoms with Gasteiger partial charge in [-0.05, 0) is 67.6 Å². The molecule has 0 aromatic heterocycles. The van der Waals surface area contributed by atoms with Crippen LogP contribution in [0, 0.1) is 5.92 Å². The molecule has 1 atom stereocenters. The highest BCUT2D eigenvalue weighted by Gasteiger charge is 2.30. The highest BCUT2D eigenvalue weighted by Crippen LogP contribution is 2.30. The first-order valence-corrected chi connectivity index (χ1v) is 8.60. The molecule has 0 saturated carbocycles. The number of hydrogen-bond donors (Lipinski definition) is 1. The van der Waals surface area contributed by atoms with Gasteiger partial charge in [-0.15, -0.1) is 0 Å². The van der Waals surface area contributed by atoms with Crippen molar-refractivity contribution in [2.75, 3.05) is 5.01 Å². The third-order valence-electron chi connectivity index (χ3n) is 4.07. The molecule has 0 aliphatic heterocycles. The number of hydrazone groups is 1. The summed E-state index contributed by atoms with van der Waals surface area (Å²) >= 11 is 0. The van der Waals surface area contributed by atoms with E-state index in [1.807, 2.05) is 19.1 Å². The van der Waals surface area contributed by atoms with E-state index in [1.54, 1.807) is 12.1 Å². The standard InChI is InChI=1S/C21H23F3N2O/c1-4-26(19-9-7-18(8-10-19)21(22,23)24)25-16(3)13-15(2)14-17-5-11-20(27)12-6-17/h4-12,15,27H,1,13-14H2,2-3H3/b25-16-. The van der Waals surface area contributed by atoms with Gasteiger partial charge in [0.05, 0.1) is 11.3 Å². The van der Waals surface area contributed by atoms with Crippen LogP contribution in [0.3, 0.4) is 0 Å². The number of anilines is 1. The van der Waals surface area contributed by atoms with E-state index in [9.17, 15) is 18.3 Å². The Hall–Kier alpha value is -2.76. The first-order valence-electron chi connectivity index (χ1n) is 8.60. The van der Waals surface area contributed by atoms with Crippen molar-refractivity contribution >= 4 is 11.4 Å². The normalized spacial score (nSPS) is 13.3. The molecular formula is C21H23F3N2O. The number of aromatic hydroxyl groups is 1. The van der Waals surface area contributed by atoms with E-state index in [0.29, 0.717) is 11.6 Å². The molecule has 0 fully saturated rings. The van der Waals surface area contributed by atoms with Crippen LogP contribution in [0.2, 0.25) is 0 Å². The lowest BCUT2D eigenvalue weighted by Gasteiger charge is -2.18. The molecule has 0 heterocycles. The molecule has 0 spiro atoms. The Bertz CT molecular complexity index is 781. The van der Waals surface area contributed by atoms with E-state index in [2.05, 4.69) is 18.6 Å². The summed E-state index contributed by atoms with van der Waals surface area (Å²) < 4.78 is 38.0. The maximum absolute atomic E-state index is 12.7. The molecule has 0 aliphatic carbocycles. The molecular weight excluding hydrogens is 353 g/mol. The summed E-state index contributed by atoms with van der Waals surface area (Å²) in [5.74, 6) is 0.555. The van der Waals surface area contributed by atoms with Crippen molar-refractivity contribution in [2.24, 2.45) is 11.0 Å². The van der Waals surface area contributed by atoms with Crippen LogP contribution in [-0.2, 0) is 12.6 Å². The Kier molecular flexibility index (Phi) is 6.66.